The number of hydrogen-bond acceptors (Lipinski definition) is 2. The smallest absolute Gasteiger partial charge is 0.194 e. The third kappa shape index (κ3) is 2.68. The summed E-state index contributed by atoms with van der Waals surface area (Å²) in [5, 5.41) is 11.9. The first-order valence-corrected chi connectivity index (χ1v) is 9.40. The molecule has 0 bridgehead atoms. The molecule has 0 spiro atoms. The maximum atomic E-state index is 13.3. The number of carbonyl (C=O) groups is 1. The Bertz CT molecular complexity index is 1180. The molecule has 3 aromatic carbocycles. The van der Waals surface area contributed by atoms with Crippen LogP contribution in [-0.4, -0.2) is 10.9 Å². The van der Waals surface area contributed by atoms with Crippen molar-refractivity contribution in [1.82, 2.24) is 0 Å². The van der Waals surface area contributed by atoms with Crippen LogP contribution in [0.5, 0.6) is 0 Å². The predicted molar refractivity (Wildman–Crippen MR) is 112 cm³/mol. The average molecular weight is 366 g/mol. The highest BCUT2D eigenvalue weighted by atomic mass is 16.3. The molecule has 0 unspecified atom stereocenters. The van der Waals surface area contributed by atoms with E-state index in [0.717, 1.165) is 27.8 Å². The number of ketones is 1. The Morgan fingerprint density at radius 3 is 2.18 bits per heavy atom. The zero-order valence-corrected chi connectivity index (χ0v) is 16.6. The van der Waals surface area contributed by atoms with Crippen molar-refractivity contribution in [3.8, 4) is 11.8 Å². The van der Waals surface area contributed by atoms with E-state index in [2.05, 4.69) is 11.8 Å². The quantitative estimate of drug-likeness (QED) is 0.583. The fraction of sp³-hybridized carbons (Fsp3) is 0.192. The van der Waals surface area contributed by atoms with E-state index in [9.17, 15) is 9.90 Å². The molecule has 0 saturated carbocycles. The van der Waals surface area contributed by atoms with Gasteiger partial charge in [-0.25, -0.2) is 0 Å². The van der Waals surface area contributed by atoms with Crippen LogP contribution in [0.4, 0.5) is 0 Å². The van der Waals surface area contributed by atoms with Gasteiger partial charge >= 0.3 is 0 Å². The lowest BCUT2D eigenvalue weighted by atomic mass is 9.70. The lowest BCUT2D eigenvalue weighted by molar-refractivity contribution is 0.0977. The van der Waals surface area contributed by atoms with Crippen LogP contribution in [0.3, 0.4) is 0 Å². The van der Waals surface area contributed by atoms with Gasteiger partial charge in [0.05, 0.1) is 0 Å². The predicted octanol–water partition coefficient (Wildman–Crippen LogP) is 4.75. The molecule has 0 radical (unpaired) electrons. The fourth-order valence-corrected chi connectivity index (χ4v) is 3.96. The van der Waals surface area contributed by atoms with E-state index in [4.69, 9.17) is 0 Å². The zero-order valence-electron chi connectivity index (χ0n) is 16.6. The van der Waals surface area contributed by atoms with Crippen LogP contribution in [0.25, 0.3) is 0 Å². The van der Waals surface area contributed by atoms with E-state index in [1.807, 2.05) is 82.3 Å². The van der Waals surface area contributed by atoms with Crippen LogP contribution < -0.4 is 0 Å². The first-order chi connectivity index (χ1) is 13.3. The maximum Gasteiger partial charge on any atom is 0.194 e. The molecule has 0 amide bonds. The van der Waals surface area contributed by atoms with E-state index in [1.165, 1.54) is 0 Å². The summed E-state index contributed by atoms with van der Waals surface area (Å²) in [6, 6.07) is 17.3. The van der Waals surface area contributed by atoms with Crippen molar-refractivity contribution in [2.75, 3.05) is 0 Å². The highest BCUT2D eigenvalue weighted by molar-refractivity contribution is 6.14. The van der Waals surface area contributed by atoms with Gasteiger partial charge in [-0.15, -0.1) is 0 Å². The number of rotatable bonds is 0. The Balaban J connectivity index is 2.08. The van der Waals surface area contributed by atoms with Crippen molar-refractivity contribution < 1.29 is 9.90 Å². The van der Waals surface area contributed by atoms with E-state index in [-0.39, 0.29) is 5.78 Å². The summed E-state index contributed by atoms with van der Waals surface area (Å²) in [5.41, 5.74) is 5.35. The van der Waals surface area contributed by atoms with Crippen molar-refractivity contribution in [2.45, 2.75) is 33.3 Å². The minimum Gasteiger partial charge on any atom is -0.369 e. The Morgan fingerprint density at radius 2 is 1.46 bits per heavy atom. The Hall–Kier alpha value is -3.15. The Morgan fingerprint density at radius 1 is 0.821 bits per heavy atom. The van der Waals surface area contributed by atoms with Crippen molar-refractivity contribution in [3.05, 3.63) is 105 Å². The molecule has 0 saturated heterocycles. The molecular formula is C26H22O2. The third-order valence-electron chi connectivity index (χ3n) is 5.64. The summed E-state index contributed by atoms with van der Waals surface area (Å²) in [6.45, 7) is 7.81. The molecule has 0 aromatic heterocycles. The molecule has 0 fully saturated rings. The normalized spacial score (nSPS) is 17.4. The molecule has 3 aromatic rings. The summed E-state index contributed by atoms with van der Waals surface area (Å²) in [4.78, 5) is 13.3. The molecule has 2 heteroatoms. The summed E-state index contributed by atoms with van der Waals surface area (Å²) < 4.78 is 0. The van der Waals surface area contributed by atoms with Crippen molar-refractivity contribution >= 4 is 5.78 Å². The van der Waals surface area contributed by atoms with Crippen LogP contribution in [-0.2, 0) is 5.60 Å². The number of benzene rings is 3. The highest BCUT2D eigenvalue weighted by Crippen LogP contribution is 2.43. The number of aliphatic hydroxyl groups is 1. The largest absolute Gasteiger partial charge is 0.369 e. The molecule has 0 heterocycles. The topological polar surface area (TPSA) is 37.3 Å². The first-order valence-electron chi connectivity index (χ1n) is 9.40. The zero-order chi connectivity index (χ0) is 20.1. The summed E-state index contributed by atoms with van der Waals surface area (Å²) in [5.74, 6) is 6.20. The fourth-order valence-electron chi connectivity index (χ4n) is 3.96. The molecule has 4 rings (SSSR count). The van der Waals surface area contributed by atoms with Crippen molar-refractivity contribution in [1.29, 1.82) is 0 Å². The molecule has 2 nitrogen and oxygen atoms in total. The van der Waals surface area contributed by atoms with E-state index in [1.54, 1.807) is 0 Å². The van der Waals surface area contributed by atoms with Gasteiger partial charge in [-0.3, -0.25) is 4.79 Å². The van der Waals surface area contributed by atoms with E-state index in [0.29, 0.717) is 22.3 Å². The second-order valence-electron chi connectivity index (χ2n) is 7.59. The SMILES string of the molecule is Cc1cc2c(cc1C)[C@](O)(C#Cc1ccccc1)c1c(C)ccc(C)c1C2=O. The Kier molecular flexibility index (Phi) is 4.22. The monoisotopic (exact) mass is 366 g/mol. The van der Waals surface area contributed by atoms with Gasteiger partial charge in [0.2, 0.25) is 0 Å². The summed E-state index contributed by atoms with van der Waals surface area (Å²) >= 11 is 0. The molecule has 1 aliphatic carbocycles. The van der Waals surface area contributed by atoms with E-state index < -0.39 is 5.60 Å². The highest BCUT2D eigenvalue weighted by Gasteiger charge is 2.43. The number of aryl methyl sites for hydroxylation is 4. The van der Waals surface area contributed by atoms with Gasteiger partial charge in [-0.05, 0) is 68.1 Å². The van der Waals surface area contributed by atoms with Gasteiger partial charge in [0.25, 0.3) is 0 Å². The van der Waals surface area contributed by atoms with Gasteiger partial charge in [0, 0.05) is 27.8 Å². The Labute approximate surface area is 165 Å². The van der Waals surface area contributed by atoms with E-state index >= 15 is 0 Å². The van der Waals surface area contributed by atoms with Crippen LogP contribution in [0.1, 0.15) is 54.9 Å². The number of carbonyl (C=O) groups excluding carboxylic acids is 1. The summed E-state index contributed by atoms with van der Waals surface area (Å²) in [6.07, 6.45) is 0. The molecule has 1 N–H and O–H groups in total. The first kappa shape index (κ1) is 18.2. The van der Waals surface area contributed by atoms with Gasteiger partial charge in [-0.1, -0.05) is 48.2 Å². The van der Waals surface area contributed by atoms with Crippen molar-refractivity contribution in [2.24, 2.45) is 0 Å². The van der Waals surface area contributed by atoms with Crippen LogP contribution in [0.15, 0.2) is 54.6 Å². The van der Waals surface area contributed by atoms with Crippen LogP contribution >= 0.6 is 0 Å². The molecule has 0 aliphatic heterocycles. The summed E-state index contributed by atoms with van der Waals surface area (Å²) in [7, 11) is 0. The second kappa shape index (κ2) is 6.48. The van der Waals surface area contributed by atoms with Gasteiger partial charge in [0.1, 0.15) is 0 Å². The van der Waals surface area contributed by atoms with Gasteiger partial charge in [0.15, 0.2) is 11.4 Å². The van der Waals surface area contributed by atoms with Crippen LogP contribution in [0, 0.1) is 39.5 Å². The maximum absolute atomic E-state index is 13.3. The molecule has 28 heavy (non-hydrogen) atoms. The lowest BCUT2D eigenvalue weighted by Gasteiger charge is -2.34. The standard InChI is InChI=1S/C26H22O2/c1-16-10-11-17(2)24-23(16)25(27)21-14-18(3)19(4)15-22(21)26(24,28)13-12-20-8-6-5-7-9-20/h5-11,14-15,28H,1-4H3/t26-/m1/s1. The average Bonchev–Trinajstić information content (AvgIpc) is 2.69. The van der Waals surface area contributed by atoms with Gasteiger partial charge in [-0.2, -0.15) is 0 Å². The lowest BCUT2D eigenvalue weighted by Crippen LogP contribution is -2.36. The number of hydrogen-bond donors (Lipinski definition) is 1. The number of fused-ring (bicyclic) bond motifs is 2. The molecule has 138 valence electrons. The van der Waals surface area contributed by atoms with Crippen molar-refractivity contribution in [3.63, 3.8) is 0 Å². The molecule has 1 aliphatic rings. The third-order valence-corrected chi connectivity index (χ3v) is 5.64. The molecular weight excluding hydrogens is 344 g/mol. The minimum atomic E-state index is -1.54. The second-order valence-corrected chi connectivity index (χ2v) is 7.59. The minimum absolute atomic E-state index is 0.0412. The molecule has 1 atom stereocenters. The van der Waals surface area contributed by atoms with Gasteiger partial charge < -0.3 is 5.11 Å². The van der Waals surface area contributed by atoms with Crippen LogP contribution in [0.2, 0.25) is 0 Å².